The highest BCUT2D eigenvalue weighted by molar-refractivity contribution is 6.01. The number of nitrogens with zero attached hydrogens (tertiary/aromatic N) is 5. The number of hydrogen-bond donors (Lipinski definition) is 2. The Bertz CT molecular complexity index is 1220. The molecule has 38 heavy (non-hydrogen) atoms. The topological polar surface area (TPSA) is 133 Å². The summed E-state index contributed by atoms with van der Waals surface area (Å²) in [6.07, 6.45) is 5.80. The molecule has 2 saturated heterocycles. The van der Waals surface area contributed by atoms with Gasteiger partial charge >= 0.3 is 6.03 Å². The van der Waals surface area contributed by atoms with Crippen molar-refractivity contribution in [3.8, 4) is 6.07 Å². The predicted octanol–water partition coefficient (Wildman–Crippen LogP) is 2.78. The monoisotopic (exact) mass is 519 g/mol. The van der Waals surface area contributed by atoms with Crippen LogP contribution in [0.1, 0.15) is 52.4 Å². The maximum absolute atomic E-state index is 13.3. The molecule has 2 fully saturated rings. The number of likely N-dealkylation sites (tertiary alicyclic amines) is 1. The van der Waals surface area contributed by atoms with Gasteiger partial charge in [-0.2, -0.15) is 5.26 Å². The molecule has 2 aromatic rings. The molecule has 11 heteroatoms. The van der Waals surface area contributed by atoms with Crippen LogP contribution in [-0.4, -0.2) is 86.3 Å². The van der Waals surface area contributed by atoms with Gasteiger partial charge in [-0.15, -0.1) is 0 Å². The number of carbonyl (C=O) groups excluding carboxylic acids is 2. The number of ether oxygens (including phenoxy) is 2. The molecule has 3 aliphatic rings. The number of hydrogen-bond acceptors (Lipinski definition) is 9. The molecule has 0 spiro atoms. The molecular formula is C27H33N7O4. The summed E-state index contributed by atoms with van der Waals surface area (Å²) in [5, 5.41) is 15.3. The van der Waals surface area contributed by atoms with E-state index < -0.39 is 0 Å². The van der Waals surface area contributed by atoms with E-state index in [4.69, 9.17) is 14.5 Å². The molecule has 0 bridgehead atoms. The number of rotatable bonds is 8. The molecule has 0 unspecified atom stereocenters. The minimum Gasteiger partial charge on any atom is -0.383 e. The Labute approximate surface area is 222 Å². The zero-order chi connectivity index (χ0) is 26.5. The summed E-state index contributed by atoms with van der Waals surface area (Å²) in [6.45, 7) is 5.07. The predicted molar refractivity (Wildman–Crippen MR) is 142 cm³/mol. The fourth-order valence-corrected chi connectivity index (χ4v) is 5.38. The third-order valence-corrected chi connectivity index (χ3v) is 7.57. The van der Waals surface area contributed by atoms with Gasteiger partial charge < -0.3 is 14.8 Å². The second-order valence-electron chi connectivity index (χ2n) is 9.90. The molecule has 5 rings (SSSR count). The number of aryl methyl sites for hydroxylation is 1. The zero-order valence-electron chi connectivity index (χ0n) is 21.6. The number of piperidine rings is 1. The van der Waals surface area contributed by atoms with E-state index in [0.29, 0.717) is 54.3 Å². The highest BCUT2D eigenvalue weighted by atomic mass is 16.5. The van der Waals surface area contributed by atoms with Crippen LogP contribution in [0.5, 0.6) is 0 Å². The second kappa shape index (κ2) is 11.9. The van der Waals surface area contributed by atoms with Gasteiger partial charge in [0.1, 0.15) is 23.4 Å². The summed E-state index contributed by atoms with van der Waals surface area (Å²) >= 11 is 0. The first-order valence-electron chi connectivity index (χ1n) is 13.1. The maximum atomic E-state index is 13.3. The summed E-state index contributed by atoms with van der Waals surface area (Å²) in [5.74, 6) is 1.12. The molecule has 0 aliphatic carbocycles. The molecule has 2 aromatic heterocycles. The molecule has 0 atom stereocenters. The van der Waals surface area contributed by atoms with Gasteiger partial charge in [-0.05, 0) is 61.9 Å². The van der Waals surface area contributed by atoms with Gasteiger partial charge in [0.05, 0.1) is 37.1 Å². The molecular weight excluding hydrogens is 486 g/mol. The van der Waals surface area contributed by atoms with Gasteiger partial charge in [0.15, 0.2) is 6.29 Å². The molecule has 0 radical (unpaired) electrons. The number of aldehydes is 1. The number of nitrogens with one attached hydrogen (secondary N) is 2. The molecule has 2 N–H and O–H groups in total. The van der Waals surface area contributed by atoms with E-state index in [2.05, 4.69) is 32.7 Å². The van der Waals surface area contributed by atoms with Crippen LogP contribution >= 0.6 is 0 Å². The first-order valence-corrected chi connectivity index (χ1v) is 13.1. The van der Waals surface area contributed by atoms with E-state index in [-0.39, 0.29) is 11.9 Å². The largest absolute Gasteiger partial charge is 0.383 e. The lowest BCUT2D eigenvalue weighted by atomic mass is 9.86. The van der Waals surface area contributed by atoms with E-state index >= 15 is 0 Å². The average molecular weight is 520 g/mol. The zero-order valence-corrected chi connectivity index (χ0v) is 21.6. The number of anilines is 3. The van der Waals surface area contributed by atoms with Crippen molar-refractivity contribution in [2.75, 3.05) is 68.6 Å². The number of methoxy groups -OCH3 is 1. The maximum Gasteiger partial charge on any atom is 0.328 e. The SMILES string of the molecule is COCCNc1cc(NC(=O)N2CCCc3cc(C4CCN(C5COC5)CC4)c(C=O)nc32)ncc1C#N. The third kappa shape index (κ3) is 5.48. The van der Waals surface area contributed by atoms with Gasteiger partial charge in [0, 0.05) is 32.5 Å². The van der Waals surface area contributed by atoms with Crippen molar-refractivity contribution < 1.29 is 19.1 Å². The second-order valence-corrected chi connectivity index (χ2v) is 9.90. The molecule has 3 aliphatic heterocycles. The van der Waals surface area contributed by atoms with Gasteiger partial charge in [-0.25, -0.2) is 14.8 Å². The van der Waals surface area contributed by atoms with Crippen LogP contribution in [0.2, 0.25) is 0 Å². The smallest absolute Gasteiger partial charge is 0.328 e. The summed E-state index contributed by atoms with van der Waals surface area (Å²) in [6, 6.07) is 5.97. The van der Waals surface area contributed by atoms with Crippen LogP contribution in [0.15, 0.2) is 18.3 Å². The Morgan fingerprint density at radius 2 is 2.11 bits per heavy atom. The summed E-state index contributed by atoms with van der Waals surface area (Å²) in [7, 11) is 1.60. The van der Waals surface area contributed by atoms with Crippen LogP contribution < -0.4 is 15.5 Å². The number of carbonyl (C=O) groups is 2. The van der Waals surface area contributed by atoms with Crippen molar-refractivity contribution in [3.05, 3.63) is 40.7 Å². The quantitative estimate of drug-likeness (QED) is 0.399. The van der Waals surface area contributed by atoms with E-state index in [1.165, 1.54) is 6.20 Å². The number of nitriles is 1. The molecule has 200 valence electrons. The van der Waals surface area contributed by atoms with Gasteiger partial charge in [-0.3, -0.25) is 19.9 Å². The van der Waals surface area contributed by atoms with E-state index in [0.717, 1.165) is 69.4 Å². The lowest BCUT2D eigenvalue weighted by molar-refractivity contribution is -0.0712. The number of fused-ring (bicyclic) bond motifs is 1. The Kier molecular flexibility index (Phi) is 8.12. The number of amides is 2. The van der Waals surface area contributed by atoms with Crippen LogP contribution in [0.3, 0.4) is 0 Å². The van der Waals surface area contributed by atoms with Gasteiger partial charge in [-0.1, -0.05) is 0 Å². The van der Waals surface area contributed by atoms with E-state index in [1.54, 1.807) is 18.1 Å². The van der Waals surface area contributed by atoms with Crippen molar-refractivity contribution in [1.29, 1.82) is 5.26 Å². The first-order chi connectivity index (χ1) is 18.6. The number of pyridine rings is 2. The minimum atomic E-state index is -0.376. The molecule has 2 amide bonds. The average Bonchev–Trinajstić information content (AvgIpc) is 2.91. The van der Waals surface area contributed by atoms with Crippen molar-refractivity contribution >= 4 is 29.6 Å². The third-order valence-electron chi connectivity index (χ3n) is 7.57. The Morgan fingerprint density at radius 1 is 1.29 bits per heavy atom. The van der Waals surface area contributed by atoms with Crippen LogP contribution in [0, 0.1) is 11.3 Å². The highest BCUT2D eigenvalue weighted by Gasteiger charge is 2.32. The lowest BCUT2D eigenvalue weighted by Crippen LogP contribution is -2.51. The minimum absolute atomic E-state index is 0.279. The molecule has 0 saturated carbocycles. The summed E-state index contributed by atoms with van der Waals surface area (Å²) in [4.78, 5) is 38.4. The molecule has 0 aromatic carbocycles. The molecule has 5 heterocycles. The van der Waals surface area contributed by atoms with Crippen molar-refractivity contribution in [3.63, 3.8) is 0 Å². The van der Waals surface area contributed by atoms with E-state index in [9.17, 15) is 14.9 Å². The van der Waals surface area contributed by atoms with Crippen molar-refractivity contribution in [2.45, 2.75) is 37.6 Å². The Morgan fingerprint density at radius 3 is 2.79 bits per heavy atom. The Hall–Kier alpha value is -3.59. The highest BCUT2D eigenvalue weighted by Crippen LogP contribution is 2.35. The van der Waals surface area contributed by atoms with Crippen LogP contribution in [-0.2, 0) is 15.9 Å². The Balaban J connectivity index is 1.32. The number of aromatic nitrogens is 2. The van der Waals surface area contributed by atoms with Gasteiger partial charge in [0.25, 0.3) is 0 Å². The number of urea groups is 1. The van der Waals surface area contributed by atoms with Crippen LogP contribution in [0.25, 0.3) is 0 Å². The fraction of sp³-hybridized carbons (Fsp3) is 0.519. The van der Waals surface area contributed by atoms with Crippen LogP contribution in [0.4, 0.5) is 22.1 Å². The standard InChI is InChI=1S/C27H33N7O4/c1-37-10-6-29-23-12-25(30-14-20(23)13-28)32-27(36)34-7-2-3-19-11-22(24(15-35)31-26(19)34)18-4-8-33(9-5-18)21-16-38-17-21/h11-12,14-15,18,21H,2-10,16-17H2,1H3,(H2,29,30,32,36). The lowest BCUT2D eigenvalue weighted by Gasteiger charge is -2.41. The van der Waals surface area contributed by atoms with Gasteiger partial charge in [0.2, 0.25) is 0 Å². The van der Waals surface area contributed by atoms with E-state index in [1.807, 2.05) is 0 Å². The normalized spacial score (nSPS) is 18.3. The molecule has 11 nitrogen and oxygen atoms in total. The fourth-order valence-electron chi connectivity index (χ4n) is 5.38. The first kappa shape index (κ1) is 26.0. The summed E-state index contributed by atoms with van der Waals surface area (Å²) in [5.41, 5.74) is 3.33. The van der Waals surface area contributed by atoms with Crippen molar-refractivity contribution in [2.24, 2.45) is 0 Å². The summed E-state index contributed by atoms with van der Waals surface area (Å²) < 4.78 is 10.4. The van der Waals surface area contributed by atoms with Crippen molar-refractivity contribution in [1.82, 2.24) is 14.9 Å².